The first kappa shape index (κ1) is 9.16. The van der Waals surface area contributed by atoms with E-state index in [-0.39, 0.29) is 0 Å². The van der Waals surface area contributed by atoms with E-state index in [1.54, 1.807) is 26.0 Å². The Balaban J connectivity index is 2.88. The van der Waals surface area contributed by atoms with Gasteiger partial charge < -0.3 is 4.57 Å². The Labute approximate surface area is 68.8 Å². The first-order valence-electron chi connectivity index (χ1n) is 3.59. The van der Waals surface area contributed by atoms with Gasteiger partial charge in [0.2, 0.25) is 0 Å². The molecule has 68 valence electrons. The fourth-order valence-electron chi connectivity index (χ4n) is 1.13. The zero-order chi connectivity index (χ0) is 9.35. The van der Waals surface area contributed by atoms with Gasteiger partial charge in [-0.25, -0.2) is 0 Å². The third kappa shape index (κ3) is 2.03. The topological polar surface area (TPSA) is 4.93 Å². The Morgan fingerprint density at radius 2 is 1.58 bits per heavy atom. The summed E-state index contributed by atoms with van der Waals surface area (Å²) in [5.74, 6) is 0. The number of aryl methyl sites for hydroxylation is 2. The number of rotatable bonds is 1. The lowest BCUT2D eigenvalue weighted by atomic mass is 10.5. The molecule has 0 spiro atoms. The standard InChI is InChI=1S/C8H10F3N/c1-6-3-4-7(2)12(6)5-8(9,10)11/h3-4H,5H2,1-2H3. The summed E-state index contributed by atoms with van der Waals surface area (Å²) in [5, 5.41) is 0. The lowest BCUT2D eigenvalue weighted by Crippen LogP contribution is -2.19. The average Bonchev–Trinajstić information content (AvgIpc) is 2.16. The quantitative estimate of drug-likeness (QED) is 0.621. The van der Waals surface area contributed by atoms with Crippen LogP contribution in [-0.4, -0.2) is 10.7 Å². The zero-order valence-corrected chi connectivity index (χ0v) is 6.94. The smallest absolute Gasteiger partial charge is 0.340 e. The van der Waals surface area contributed by atoms with Crippen LogP contribution in [0.15, 0.2) is 12.1 Å². The second-order valence-corrected chi connectivity index (χ2v) is 2.82. The van der Waals surface area contributed by atoms with Crippen LogP contribution in [0.2, 0.25) is 0 Å². The predicted octanol–water partition coefficient (Wildman–Crippen LogP) is 2.67. The van der Waals surface area contributed by atoms with E-state index in [0.29, 0.717) is 11.4 Å². The Morgan fingerprint density at radius 1 is 1.17 bits per heavy atom. The van der Waals surface area contributed by atoms with Crippen molar-refractivity contribution in [3.8, 4) is 0 Å². The largest absolute Gasteiger partial charge is 0.406 e. The summed E-state index contributed by atoms with van der Waals surface area (Å²) in [4.78, 5) is 0. The Kier molecular flexibility index (Phi) is 2.17. The maximum absolute atomic E-state index is 12.0. The first-order valence-corrected chi connectivity index (χ1v) is 3.59. The van der Waals surface area contributed by atoms with Crippen LogP contribution in [0.1, 0.15) is 11.4 Å². The van der Waals surface area contributed by atoms with Gasteiger partial charge in [0.05, 0.1) is 0 Å². The van der Waals surface area contributed by atoms with Crippen molar-refractivity contribution >= 4 is 0 Å². The van der Waals surface area contributed by atoms with Crippen molar-refractivity contribution in [2.24, 2.45) is 0 Å². The highest BCUT2D eigenvalue weighted by Gasteiger charge is 2.28. The van der Waals surface area contributed by atoms with Gasteiger partial charge in [-0.3, -0.25) is 0 Å². The second-order valence-electron chi connectivity index (χ2n) is 2.82. The zero-order valence-electron chi connectivity index (χ0n) is 6.94. The van der Waals surface area contributed by atoms with E-state index >= 15 is 0 Å². The molecule has 0 aliphatic rings. The molecule has 0 amide bonds. The first-order chi connectivity index (χ1) is 5.40. The summed E-state index contributed by atoms with van der Waals surface area (Å²) in [5.41, 5.74) is 1.29. The van der Waals surface area contributed by atoms with E-state index in [2.05, 4.69) is 0 Å². The van der Waals surface area contributed by atoms with E-state index in [1.165, 1.54) is 4.57 Å². The Bertz CT molecular complexity index is 253. The highest BCUT2D eigenvalue weighted by Crippen LogP contribution is 2.20. The molecule has 0 radical (unpaired) electrons. The van der Waals surface area contributed by atoms with E-state index in [9.17, 15) is 13.2 Å². The Hall–Kier alpha value is -0.930. The summed E-state index contributed by atoms with van der Waals surface area (Å²) < 4.78 is 37.1. The molecule has 0 fully saturated rings. The summed E-state index contributed by atoms with van der Waals surface area (Å²) in [6.45, 7) is 2.44. The Morgan fingerprint density at radius 3 is 1.92 bits per heavy atom. The SMILES string of the molecule is Cc1ccc(C)n1CC(F)(F)F. The number of halogens is 3. The van der Waals surface area contributed by atoms with Crippen molar-refractivity contribution in [1.29, 1.82) is 0 Å². The lowest BCUT2D eigenvalue weighted by molar-refractivity contribution is -0.141. The molecule has 0 aliphatic carbocycles. The van der Waals surface area contributed by atoms with Crippen molar-refractivity contribution in [1.82, 2.24) is 4.57 Å². The molecule has 0 aromatic carbocycles. The van der Waals surface area contributed by atoms with Gasteiger partial charge in [-0.15, -0.1) is 0 Å². The molecule has 0 bridgehead atoms. The minimum Gasteiger partial charge on any atom is -0.340 e. The van der Waals surface area contributed by atoms with E-state index in [4.69, 9.17) is 0 Å². The van der Waals surface area contributed by atoms with E-state index in [1.807, 2.05) is 0 Å². The molecule has 1 heterocycles. The molecule has 1 aromatic heterocycles. The van der Waals surface area contributed by atoms with Crippen LogP contribution in [0.25, 0.3) is 0 Å². The average molecular weight is 177 g/mol. The van der Waals surface area contributed by atoms with Crippen molar-refractivity contribution in [3.63, 3.8) is 0 Å². The molecule has 0 N–H and O–H groups in total. The van der Waals surface area contributed by atoms with Gasteiger partial charge in [0, 0.05) is 11.4 Å². The fraction of sp³-hybridized carbons (Fsp3) is 0.500. The van der Waals surface area contributed by atoms with Crippen LogP contribution in [0, 0.1) is 13.8 Å². The number of nitrogens with zero attached hydrogens (tertiary/aromatic N) is 1. The second kappa shape index (κ2) is 2.84. The molecule has 1 rings (SSSR count). The number of aromatic nitrogens is 1. The summed E-state index contributed by atoms with van der Waals surface area (Å²) in [7, 11) is 0. The van der Waals surface area contributed by atoms with Crippen LogP contribution in [0.5, 0.6) is 0 Å². The number of hydrogen-bond donors (Lipinski definition) is 0. The van der Waals surface area contributed by atoms with Gasteiger partial charge in [-0.05, 0) is 26.0 Å². The van der Waals surface area contributed by atoms with Gasteiger partial charge in [-0.2, -0.15) is 13.2 Å². The van der Waals surface area contributed by atoms with Crippen LogP contribution in [0.4, 0.5) is 13.2 Å². The van der Waals surface area contributed by atoms with Gasteiger partial charge in [0.25, 0.3) is 0 Å². The number of alkyl halides is 3. The molecular formula is C8H10F3N. The molecular weight excluding hydrogens is 167 g/mol. The predicted molar refractivity (Wildman–Crippen MR) is 40.0 cm³/mol. The number of hydrogen-bond acceptors (Lipinski definition) is 0. The molecule has 0 saturated carbocycles. The monoisotopic (exact) mass is 177 g/mol. The van der Waals surface area contributed by atoms with Crippen molar-refractivity contribution in [2.45, 2.75) is 26.6 Å². The van der Waals surface area contributed by atoms with Crippen molar-refractivity contribution in [2.75, 3.05) is 0 Å². The maximum Gasteiger partial charge on any atom is 0.406 e. The summed E-state index contributed by atoms with van der Waals surface area (Å²) in [6.07, 6.45) is -4.13. The minimum absolute atomic E-state index is 0.643. The summed E-state index contributed by atoms with van der Waals surface area (Å²) in [6, 6.07) is 3.36. The fourth-order valence-corrected chi connectivity index (χ4v) is 1.13. The van der Waals surface area contributed by atoms with Crippen molar-refractivity contribution < 1.29 is 13.2 Å². The highest BCUT2D eigenvalue weighted by atomic mass is 19.4. The van der Waals surface area contributed by atoms with E-state index in [0.717, 1.165) is 0 Å². The molecule has 1 aromatic rings. The third-order valence-electron chi connectivity index (χ3n) is 1.75. The maximum atomic E-state index is 12.0. The molecule has 0 aliphatic heterocycles. The molecule has 0 saturated heterocycles. The van der Waals surface area contributed by atoms with Crippen LogP contribution < -0.4 is 0 Å². The molecule has 4 heteroatoms. The van der Waals surface area contributed by atoms with Crippen LogP contribution in [-0.2, 0) is 6.54 Å². The molecule has 0 unspecified atom stereocenters. The molecule has 1 nitrogen and oxygen atoms in total. The lowest BCUT2D eigenvalue weighted by Gasteiger charge is -2.11. The normalized spacial score (nSPS) is 12.1. The third-order valence-corrected chi connectivity index (χ3v) is 1.75. The van der Waals surface area contributed by atoms with Gasteiger partial charge >= 0.3 is 6.18 Å². The molecule has 12 heavy (non-hydrogen) atoms. The van der Waals surface area contributed by atoms with Crippen LogP contribution in [0.3, 0.4) is 0 Å². The minimum atomic E-state index is -4.13. The van der Waals surface area contributed by atoms with Crippen LogP contribution >= 0.6 is 0 Å². The molecule has 0 atom stereocenters. The summed E-state index contributed by atoms with van der Waals surface area (Å²) >= 11 is 0. The van der Waals surface area contributed by atoms with E-state index < -0.39 is 12.7 Å². The highest BCUT2D eigenvalue weighted by molar-refractivity contribution is 5.13. The van der Waals surface area contributed by atoms with Crippen molar-refractivity contribution in [3.05, 3.63) is 23.5 Å². The van der Waals surface area contributed by atoms with Gasteiger partial charge in [0.15, 0.2) is 0 Å². The van der Waals surface area contributed by atoms with Gasteiger partial charge in [0.1, 0.15) is 6.54 Å². The van der Waals surface area contributed by atoms with Gasteiger partial charge in [-0.1, -0.05) is 0 Å².